The first-order valence-corrected chi connectivity index (χ1v) is 10.3. The standard InChI is InChI=1S/C24H24BrNO3/c1-4-13-29-24(28)23-17(3)26(15-18-9-11-19(25)12-10-18)22(27)14-21(23)20-8-6-5-7-16(20)2/h4-12,21H,1,13-15H2,2-3H3. The zero-order valence-electron chi connectivity index (χ0n) is 16.7. The molecular formula is C24H24BrNO3. The van der Waals surface area contributed by atoms with Gasteiger partial charge >= 0.3 is 5.97 Å². The normalized spacial score (nSPS) is 16.7. The van der Waals surface area contributed by atoms with Crippen LogP contribution in [0.2, 0.25) is 0 Å². The van der Waals surface area contributed by atoms with Gasteiger partial charge in [-0.05, 0) is 42.7 Å². The summed E-state index contributed by atoms with van der Waals surface area (Å²) in [6, 6.07) is 15.7. The maximum Gasteiger partial charge on any atom is 0.336 e. The number of hydrogen-bond acceptors (Lipinski definition) is 3. The van der Waals surface area contributed by atoms with Gasteiger partial charge in [0.1, 0.15) is 6.61 Å². The van der Waals surface area contributed by atoms with Gasteiger partial charge in [0.15, 0.2) is 0 Å². The summed E-state index contributed by atoms with van der Waals surface area (Å²) in [5.74, 6) is -0.718. The van der Waals surface area contributed by atoms with Crippen LogP contribution in [0.4, 0.5) is 0 Å². The van der Waals surface area contributed by atoms with Crippen molar-refractivity contribution in [1.82, 2.24) is 4.90 Å². The summed E-state index contributed by atoms with van der Waals surface area (Å²) in [7, 11) is 0. The second-order valence-corrected chi connectivity index (χ2v) is 8.02. The second-order valence-electron chi connectivity index (χ2n) is 7.11. The number of allylic oxidation sites excluding steroid dienone is 1. The van der Waals surface area contributed by atoms with E-state index in [1.807, 2.05) is 62.4 Å². The Morgan fingerprint density at radius 3 is 2.55 bits per heavy atom. The molecule has 1 amide bonds. The number of esters is 1. The smallest absolute Gasteiger partial charge is 0.336 e. The molecule has 0 radical (unpaired) electrons. The minimum Gasteiger partial charge on any atom is -0.458 e. The quantitative estimate of drug-likeness (QED) is 0.441. The molecule has 0 spiro atoms. The topological polar surface area (TPSA) is 46.6 Å². The molecule has 0 aromatic heterocycles. The van der Waals surface area contributed by atoms with E-state index >= 15 is 0 Å². The third-order valence-corrected chi connectivity index (χ3v) is 5.72. The van der Waals surface area contributed by atoms with E-state index in [0.29, 0.717) is 17.8 Å². The maximum absolute atomic E-state index is 13.1. The number of halogens is 1. The highest BCUT2D eigenvalue weighted by atomic mass is 79.9. The number of rotatable bonds is 6. The lowest BCUT2D eigenvalue weighted by Gasteiger charge is -2.35. The van der Waals surface area contributed by atoms with Crippen molar-refractivity contribution in [1.29, 1.82) is 0 Å². The summed E-state index contributed by atoms with van der Waals surface area (Å²) in [6.45, 7) is 7.99. The van der Waals surface area contributed by atoms with Crippen LogP contribution in [-0.2, 0) is 20.9 Å². The molecule has 2 aromatic carbocycles. The lowest BCUT2D eigenvalue weighted by Crippen LogP contribution is -2.38. The first-order chi connectivity index (χ1) is 13.9. The van der Waals surface area contributed by atoms with Gasteiger partial charge in [-0.25, -0.2) is 4.79 Å². The number of nitrogens with zero attached hydrogens (tertiary/aromatic N) is 1. The van der Waals surface area contributed by atoms with Gasteiger partial charge in [0.05, 0.1) is 12.1 Å². The van der Waals surface area contributed by atoms with Crippen molar-refractivity contribution in [3.8, 4) is 0 Å². The average molecular weight is 454 g/mol. The molecule has 0 aliphatic carbocycles. The molecule has 29 heavy (non-hydrogen) atoms. The van der Waals surface area contributed by atoms with Gasteiger partial charge in [-0.3, -0.25) is 4.79 Å². The number of aryl methyl sites for hydroxylation is 1. The molecular weight excluding hydrogens is 430 g/mol. The molecule has 1 aliphatic heterocycles. The van der Waals surface area contributed by atoms with Gasteiger partial charge in [0.25, 0.3) is 0 Å². The van der Waals surface area contributed by atoms with Crippen molar-refractivity contribution >= 4 is 27.8 Å². The van der Waals surface area contributed by atoms with E-state index < -0.39 is 5.97 Å². The van der Waals surface area contributed by atoms with Crippen LogP contribution in [-0.4, -0.2) is 23.4 Å². The Balaban J connectivity index is 2.03. The number of carbonyl (C=O) groups excluding carboxylic acids is 2. The fraction of sp³-hybridized carbons (Fsp3) is 0.250. The minimum atomic E-state index is -0.399. The number of carbonyl (C=O) groups is 2. The molecule has 1 unspecified atom stereocenters. The van der Waals surface area contributed by atoms with Crippen LogP contribution in [0.1, 0.15) is 36.0 Å². The van der Waals surface area contributed by atoms with Gasteiger partial charge in [-0.2, -0.15) is 0 Å². The molecule has 0 N–H and O–H groups in total. The van der Waals surface area contributed by atoms with E-state index in [1.165, 1.54) is 0 Å². The molecule has 0 bridgehead atoms. The van der Waals surface area contributed by atoms with Crippen molar-refractivity contribution in [2.45, 2.75) is 32.7 Å². The predicted octanol–water partition coefficient (Wildman–Crippen LogP) is 5.28. The minimum absolute atomic E-state index is 0.000979. The zero-order valence-corrected chi connectivity index (χ0v) is 18.2. The van der Waals surface area contributed by atoms with Crippen molar-refractivity contribution in [2.75, 3.05) is 6.61 Å². The summed E-state index contributed by atoms with van der Waals surface area (Å²) in [5.41, 5.74) is 4.21. The Morgan fingerprint density at radius 2 is 1.90 bits per heavy atom. The zero-order chi connectivity index (χ0) is 21.0. The first kappa shape index (κ1) is 21.1. The van der Waals surface area contributed by atoms with Crippen LogP contribution < -0.4 is 0 Å². The molecule has 1 aliphatic rings. The molecule has 2 aromatic rings. The van der Waals surface area contributed by atoms with E-state index in [2.05, 4.69) is 22.5 Å². The van der Waals surface area contributed by atoms with Crippen molar-refractivity contribution in [2.24, 2.45) is 0 Å². The van der Waals surface area contributed by atoms with Gasteiger partial charge in [0, 0.05) is 22.5 Å². The highest BCUT2D eigenvalue weighted by Gasteiger charge is 2.37. The van der Waals surface area contributed by atoms with E-state index in [4.69, 9.17) is 4.74 Å². The van der Waals surface area contributed by atoms with Crippen LogP contribution in [0.3, 0.4) is 0 Å². The molecule has 5 heteroatoms. The SMILES string of the molecule is C=CCOC(=O)C1=C(C)N(Cc2ccc(Br)cc2)C(=O)CC1c1ccccc1C. The van der Waals surface area contributed by atoms with Crippen LogP contribution in [0, 0.1) is 6.92 Å². The summed E-state index contributed by atoms with van der Waals surface area (Å²) < 4.78 is 6.36. The molecule has 3 rings (SSSR count). The average Bonchev–Trinajstić information content (AvgIpc) is 2.70. The highest BCUT2D eigenvalue weighted by molar-refractivity contribution is 9.10. The fourth-order valence-electron chi connectivity index (χ4n) is 3.70. The Bertz CT molecular complexity index is 962. The van der Waals surface area contributed by atoms with Crippen molar-refractivity contribution in [3.05, 3.63) is 93.6 Å². The van der Waals surface area contributed by atoms with Crippen molar-refractivity contribution < 1.29 is 14.3 Å². The maximum atomic E-state index is 13.1. The first-order valence-electron chi connectivity index (χ1n) is 9.51. The van der Waals surface area contributed by atoms with Gasteiger partial charge in [0.2, 0.25) is 5.91 Å². The molecule has 0 fully saturated rings. The van der Waals surface area contributed by atoms with Crippen LogP contribution >= 0.6 is 15.9 Å². The Labute approximate surface area is 180 Å². The lowest BCUT2D eigenvalue weighted by atomic mass is 9.82. The third kappa shape index (κ3) is 4.67. The van der Waals surface area contributed by atoms with Gasteiger partial charge in [-0.1, -0.05) is 65.0 Å². The molecule has 0 saturated carbocycles. The molecule has 1 atom stereocenters. The fourth-order valence-corrected chi connectivity index (χ4v) is 3.96. The lowest BCUT2D eigenvalue weighted by molar-refractivity contribution is -0.139. The Morgan fingerprint density at radius 1 is 1.21 bits per heavy atom. The number of ether oxygens (including phenoxy) is 1. The van der Waals surface area contributed by atoms with Crippen molar-refractivity contribution in [3.63, 3.8) is 0 Å². The van der Waals surface area contributed by atoms with E-state index in [-0.39, 0.29) is 24.9 Å². The summed E-state index contributed by atoms with van der Waals surface area (Å²) in [4.78, 5) is 27.7. The number of amides is 1. The van der Waals surface area contributed by atoms with Crippen LogP contribution in [0.5, 0.6) is 0 Å². The predicted molar refractivity (Wildman–Crippen MR) is 117 cm³/mol. The van der Waals surface area contributed by atoms with E-state index in [9.17, 15) is 9.59 Å². The largest absolute Gasteiger partial charge is 0.458 e. The molecule has 0 saturated heterocycles. The van der Waals surface area contributed by atoms with E-state index in [1.54, 1.807) is 11.0 Å². The summed E-state index contributed by atoms with van der Waals surface area (Å²) in [5, 5.41) is 0. The van der Waals surface area contributed by atoms with Gasteiger partial charge < -0.3 is 9.64 Å². The highest BCUT2D eigenvalue weighted by Crippen LogP contribution is 2.38. The number of benzene rings is 2. The Kier molecular flexibility index (Phi) is 6.70. The van der Waals surface area contributed by atoms with Crippen LogP contribution in [0.15, 0.2) is 76.9 Å². The van der Waals surface area contributed by atoms with Gasteiger partial charge in [-0.15, -0.1) is 0 Å². The number of hydrogen-bond donors (Lipinski definition) is 0. The molecule has 4 nitrogen and oxygen atoms in total. The summed E-state index contributed by atoms with van der Waals surface area (Å²) in [6.07, 6.45) is 1.78. The monoisotopic (exact) mass is 453 g/mol. The Hall–Kier alpha value is -2.66. The summed E-state index contributed by atoms with van der Waals surface area (Å²) >= 11 is 3.43. The molecule has 150 valence electrons. The third-order valence-electron chi connectivity index (χ3n) is 5.19. The molecule has 1 heterocycles. The van der Waals surface area contributed by atoms with E-state index in [0.717, 1.165) is 21.2 Å². The second kappa shape index (κ2) is 9.23. The van der Waals surface area contributed by atoms with Crippen LogP contribution in [0.25, 0.3) is 0 Å².